The predicted octanol–water partition coefficient (Wildman–Crippen LogP) is 1.34. The average Bonchev–Trinajstić information content (AvgIpc) is 2.32. The number of carbonyl (C=O) groups is 1. The van der Waals surface area contributed by atoms with Crippen LogP contribution in [0.3, 0.4) is 0 Å². The van der Waals surface area contributed by atoms with Crippen LogP contribution in [0.25, 0.3) is 0 Å². The van der Waals surface area contributed by atoms with E-state index < -0.39 is 0 Å². The first-order chi connectivity index (χ1) is 8.56. The van der Waals surface area contributed by atoms with Crippen molar-refractivity contribution in [3.05, 3.63) is 17.5 Å². The maximum absolute atomic E-state index is 11.5. The quantitative estimate of drug-likeness (QED) is 0.477. The molecule has 1 aromatic rings. The summed E-state index contributed by atoms with van der Waals surface area (Å²) in [4.78, 5) is 20.2. The van der Waals surface area contributed by atoms with Crippen LogP contribution in [0.2, 0.25) is 0 Å². The Labute approximate surface area is 112 Å². The van der Waals surface area contributed by atoms with Gasteiger partial charge in [0.15, 0.2) is 5.16 Å². The summed E-state index contributed by atoms with van der Waals surface area (Å²) in [6.45, 7) is 6.53. The van der Waals surface area contributed by atoms with Gasteiger partial charge in [-0.15, -0.1) is 0 Å². The molecule has 0 bridgehead atoms. The molecule has 100 valence electrons. The van der Waals surface area contributed by atoms with Gasteiger partial charge in [-0.2, -0.15) is 0 Å². The fourth-order valence-corrected chi connectivity index (χ4v) is 2.50. The Balaban J connectivity index is 2.63. The second-order valence-electron chi connectivity index (χ2n) is 3.88. The standard InChI is InChI=1S/C12H19N3O2S/c1-5-13-10(11(16)17-4)7-18-12-14-8(2)6-9(3)15-12/h6,10,13H,5,7H2,1-4H3. The SMILES string of the molecule is CCNC(CSc1nc(C)cc(C)n1)C(=O)OC. The summed E-state index contributed by atoms with van der Waals surface area (Å²) < 4.78 is 4.75. The maximum atomic E-state index is 11.5. The minimum Gasteiger partial charge on any atom is -0.468 e. The number of rotatable bonds is 6. The predicted molar refractivity (Wildman–Crippen MR) is 71.7 cm³/mol. The summed E-state index contributed by atoms with van der Waals surface area (Å²) in [5.41, 5.74) is 1.87. The van der Waals surface area contributed by atoms with E-state index in [1.54, 1.807) is 0 Å². The van der Waals surface area contributed by atoms with Gasteiger partial charge >= 0.3 is 5.97 Å². The van der Waals surface area contributed by atoms with Crippen LogP contribution in [0.15, 0.2) is 11.2 Å². The van der Waals surface area contributed by atoms with E-state index in [2.05, 4.69) is 15.3 Å². The second kappa shape index (κ2) is 7.33. The van der Waals surface area contributed by atoms with E-state index in [9.17, 15) is 4.79 Å². The highest BCUT2D eigenvalue weighted by molar-refractivity contribution is 7.99. The lowest BCUT2D eigenvalue weighted by Crippen LogP contribution is -2.39. The number of likely N-dealkylation sites (N-methyl/N-ethyl adjacent to an activating group) is 1. The number of nitrogens with one attached hydrogen (secondary N) is 1. The molecule has 1 rings (SSSR count). The Hall–Kier alpha value is -1.14. The van der Waals surface area contributed by atoms with Gasteiger partial charge in [0, 0.05) is 17.1 Å². The van der Waals surface area contributed by atoms with E-state index in [1.165, 1.54) is 18.9 Å². The molecular weight excluding hydrogens is 250 g/mol. The first-order valence-corrected chi connectivity index (χ1v) is 6.81. The number of esters is 1. The number of hydrogen-bond donors (Lipinski definition) is 1. The van der Waals surface area contributed by atoms with E-state index in [0.717, 1.165) is 11.4 Å². The molecule has 0 amide bonds. The topological polar surface area (TPSA) is 64.1 Å². The Morgan fingerprint density at radius 2 is 2.06 bits per heavy atom. The van der Waals surface area contributed by atoms with Crippen LogP contribution in [0.4, 0.5) is 0 Å². The summed E-state index contributed by atoms with van der Waals surface area (Å²) in [6, 6.07) is 1.60. The number of hydrogen-bond acceptors (Lipinski definition) is 6. The summed E-state index contributed by atoms with van der Waals surface area (Å²) in [5.74, 6) is 0.303. The van der Waals surface area contributed by atoms with Crippen LogP contribution >= 0.6 is 11.8 Å². The zero-order valence-corrected chi connectivity index (χ0v) is 12.0. The third-order valence-electron chi connectivity index (χ3n) is 2.28. The van der Waals surface area contributed by atoms with Crippen molar-refractivity contribution in [2.75, 3.05) is 19.4 Å². The van der Waals surface area contributed by atoms with Crippen molar-refractivity contribution in [1.29, 1.82) is 0 Å². The molecule has 6 heteroatoms. The molecule has 0 aliphatic rings. The second-order valence-corrected chi connectivity index (χ2v) is 4.86. The minimum atomic E-state index is -0.325. The van der Waals surface area contributed by atoms with Gasteiger partial charge in [-0.3, -0.25) is 4.79 Å². The monoisotopic (exact) mass is 269 g/mol. The number of aromatic nitrogens is 2. The van der Waals surface area contributed by atoms with Crippen molar-refractivity contribution in [3.8, 4) is 0 Å². The molecule has 1 heterocycles. The zero-order valence-electron chi connectivity index (χ0n) is 11.2. The molecule has 1 aromatic heterocycles. The van der Waals surface area contributed by atoms with E-state index in [1.807, 2.05) is 26.8 Å². The zero-order chi connectivity index (χ0) is 13.5. The fourth-order valence-electron chi connectivity index (χ4n) is 1.51. The third-order valence-corrected chi connectivity index (χ3v) is 3.22. The summed E-state index contributed by atoms with van der Waals surface area (Å²) in [7, 11) is 1.39. The summed E-state index contributed by atoms with van der Waals surface area (Å²) in [6.07, 6.45) is 0. The molecule has 0 saturated carbocycles. The number of thioether (sulfide) groups is 1. The highest BCUT2D eigenvalue weighted by Gasteiger charge is 2.18. The van der Waals surface area contributed by atoms with Crippen LogP contribution < -0.4 is 5.32 Å². The minimum absolute atomic E-state index is 0.256. The Morgan fingerprint density at radius 3 is 2.56 bits per heavy atom. The van der Waals surface area contributed by atoms with Crippen molar-refractivity contribution >= 4 is 17.7 Å². The van der Waals surface area contributed by atoms with Crippen molar-refractivity contribution in [3.63, 3.8) is 0 Å². The normalized spacial score (nSPS) is 12.2. The van der Waals surface area contributed by atoms with Gasteiger partial charge < -0.3 is 10.1 Å². The Kier molecular flexibility index (Phi) is 6.07. The van der Waals surface area contributed by atoms with Gasteiger partial charge in [0.2, 0.25) is 0 Å². The molecule has 5 nitrogen and oxygen atoms in total. The summed E-state index contributed by atoms with van der Waals surface area (Å²) in [5, 5.41) is 3.78. The first kappa shape index (κ1) is 14.9. The van der Waals surface area contributed by atoms with Crippen molar-refractivity contribution in [2.24, 2.45) is 0 Å². The van der Waals surface area contributed by atoms with Crippen molar-refractivity contribution < 1.29 is 9.53 Å². The Morgan fingerprint density at radius 1 is 1.44 bits per heavy atom. The van der Waals surface area contributed by atoms with Gasteiger partial charge in [-0.25, -0.2) is 9.97 Å². The Bertz CT molecular complexity index is 392. The molecule has 0 aromatic carbocycles. The van der Waals surface area contributed by atoms with Gasteiger partial charge in [0.05, 0.1) is 7.11 Å². The smallest absolute Gasteiger partial charge is 0.323 e. The molecule has 1 atom stereocenters. The van der Waals surface area contributed by atoms with E-state index in [0.29, 0.717) is 17.5 Å². The molecule has 0 aliphatic carbocycles. The summed E-state index contributed by atoms with van der Waals surface area (Å²) >= 11 is 1.45. The van der Waals surface area contributed by atoms with Crippen LogP contribution in [-0.2, 0) is 9.53 Å². The van der Waals surface area contributed by atoms with Crippen LogP contribution in [-0.4, -0.2) is 41.4 Å². The lowest BCUT2D eigenvalue weighted by molar-refractivity contribution is -0.142. The highest BCUT2D eigenvalue weighted by Crippen LogP contribution is 2.15. The number of nitrogens with zero attached hydrogens (tertiary/aromatic N) is 2. The van der Waals surface area contributed by atoms with Crippen molar-refractivity contribution in [1.82, 2.24) is 15.3 Å². The van der Waals surface area contributed by atoms with Gasteiger partial charge in [0.25, 0.3) is 0 Å². The molecule has 0 saturated heterocycles. The number of aryl methyl sites for hydroxylation is 2. The van der Waals surface area contributed by atoms with E-state index in [4.69, 9.17) is 4.74 Å². The van der Waals surface area contributed by atoms with Crippen molar-refractivity contribution in [2.45, 2.75) is 32.0 Å². The third kappa shape index (κ3) is 4.62. The molecule has 0 radical (unpaired) electrons. The van der Waals surface area contributed by atoms with Gasteiger partial charge in [-0.05, 0) is 26.5 Å². The first-order valence-electron chi connectivity index (χ1n) is 5.83. The van der Waals surface area contributed by atoms with Gasteiger partial charge in [-0.1, -0.05) is 18.7 Å². The molecule has 0 aliphatic heterocycles. The molecule has 0 spiro atoms. The molecular formula is C12H19N3O2S. The largest absolute Gasteiger partial charge is 0.468 e. The molecule has 18 heavy (non-hydrogen) atoms. The van der Waals surface area contributed by atoms with E-state index >= 15 is 0 Å². The lowest BCUT2D eigenvalue weighted by Gasteiger charge is -2.14. The average molecular weight is 269 g/mol. The van der Waals surface area contributed by atoms with Gasteiger partial charge in [0.1, 0.15) is 6.04 Å². The van der Waals surface area contributed by atoms with Crippen LogP contribution in [0, 0.1) is 13.8 Å². The van der Waals surface area contributed by atoms with Crippen LogP contribution in [0.5, 0.6) is 0 Å². The van der Waals surface area contributed by atoms with E-state index in [-0.39, 0.29) is 12.0 Å². The molecule has 1 unspecified atom stereocenters. The fraction of sp³-hybridized carbons (Fsp3) is 0.583. The maximum Gasteiger partial charge on any atom is 0.323 e. The number of ether oxygens (including phenoxy) is 1. The number of carbonyl (C=O) groups excluding carboxylic acids is 1. The van der Waals surface area contributed by atoms with Crippen LogP contribution in [0.1, 0.15) is 18.3 Å². The molecule has 1 N–H and O–H groups in total. The highest BCUT2D eigenvalue weighted by atomic mass is 32.2. The lowest BCUT2D eigenvalue weighted by atomic mass is 10.3. The number of methoxy groups -OCH3 is 1. The molecule has 0 fully saturated rings.